The van der Waals surface area contributed by atoms with Crippen molar-refractivity contribution in [3.8, 4) is 5.75 Å². The van der Waals surface area contributed by atoms with E-state index < -0.39 is 10.0 Å². The smallest absolute Gasteiger partial charge is 0.289 e. The third-order valence-electron chi connectivity index (χ3n) is 5.01. The van der Waals surface area contributed by atoms with E-state index in [1.54, 1.807) is 35.2 Å². The van der Waals surface area contributed by atoms with Gasteiger partial charge >= 0.3 is 0 Å². The van der Waals surface area contributed by atoms with E-state index in [4.69, 9.17) is 9.15 Å². The van der Waals surface area contributed by atoms with Gasteiger partial charge in [0.2, 0.25) is 10.0 Å². The van der Waals surface area contributed by atoms with Crippen molar-refractivity contribution in [2.45, 2.75) is 11.8 Å². The van der Waals surface area contributed by atoms with Gasteiger partial charge in [-0.05, 0) is 59.3 Å². The van der Waals surface area contributed by atoms with Gasteiger partial charge in [-0.25, -0.2) is 8.42 Å². The molecule has 4 rings (SSSR count). The summed E-state index contributed by atoms with van der Waals surface area (Å²) < 4.78 is 39.1. The summed E-state index contributed by atoms with van der Waals surface area (Å²) in [4.78, 5) is 14.7. The maximum Gasteiger partial charge on any atom is 0.289 e. The summed E-state index contributed by atoms with van der Waals surface area (Å²) in [6.45, 7) is 3.44. The number of fused-ring (bicyclic) bond motifs is 1. The molecule has 30 heavy (non-hydrogen) atoms. The molecule has 1 aliphatic rings. The summed E-state index contributed by atoms with van der Waals surface area (Å²) in [7, 11) is -3.62. The van der Waals surface area contributed by atoms with Gasteiger partial charge in [0.05, 0.1) is 16.0 Å². The van der Waals surface area contributed by atoms with Gasteiger partial charge in [-0.1, -0.05) is 12.1 Å². The van der Waals surface area contributed by atoms with Crippen LogP contribution in [0.5, 0.6) is 5.75 Å². The number of para-hydroxylation sites is 1. The highest BCUT2D eigenvalue weighted by atomic mass is 79.9. The minimum absolute atomic E-state index is 0.216. The molecule has 0 aliphatic carbocycles. The number of sulfonamides is 1. The molecule has 1 aromatic heterocycles. The number of furan rings is 1. The number of benzene rings is 2. The SMILES string of the molecule is CCOc1ccc(S(=O)(=O)N2CCN(C(=O)c3cc4cccc(Br)c4o3)CC2)cc1. The van der Waals surface area contributed by atoms with Crippen LogP contribution in [0.25, 0.3) is 11.0 Å². The molecular weight excluding hydrogens is 472 g/mol. The fourth-order valence-electron chi connectivity index (χ4n) is 3.44. The van der Waals surface area contributed by atoms with Crippen molar-refractivity contribution >= 4 is 42.8 Å². The minimum Gasteiger partial charge on any atom is -0.494 e. The van der Waals surface area contributed by atoms with Gasteiger partial charge in [0.1, 0.15) is 11.3 Å². The maximum absolute atomic E-state index is 12.9. The summed E-state index contributed by atoms with van der Waals surface area (Å²) in [6, 6.07) is 13.7. The Balaban J connectivity index is 1.44. The van der Waals surface area contributed by atoms with E-state index in [0.29, 0.717) is 31.0 Å². The third kappa shape index (κ3) is 3.97. The van der Waals surface area contributed by atoms with Gasteiger partial charge < -0.3 is 14.1 Å². The molecule has 7 nitrogen and oxygen atoms in total. The maximum atomic E-state index is 12.9. The number of halogens is 1. The number of carbonyl (C=O) groups excluding carboxylic acids is 1. The molecule has 0 bridgehead atoms. The second-order valence-electron chi connectivity index (χ2n) is 6.87. The number of ether oxygens (including phenoxy) is 1. The zero-order valence-corrected chi connectivity index (χ0v) is 18.8. The van der Waals surface area contributed by atoms with Crippen molar-refractivity contribution in [2.75, 3.05) is 32.8 Å². The van der Waals surface area contributed by atoms with Gasteiger partial charge in [0.25, 0.3) is 5.91 Å². The van der Waals surface area contributed by atoms with Crippen LogP contribution in [-0.2, 0) is 10.0 Å². The van der Waals surface area contributed by atoms with E-state index in [1.165, 1.54) is 4.31 Å². The summed E-state index contributed by atoms with van der Waals surface area (Å²) >= 11 is 3.42. The lowest BCUT2D eigenvalue weighted by atomic mass is 10.2. The van der Waals surface area contributed by atoms with E-state index in [0.717, 1.165) is 9.86 Å². The van der Waals surface area contributed by atoms with Crippen molar-refractivity contribution in [2.24, 2.45) is 0 Å². The lowest BCUT2D eigenvalue weighted by Crippen LogP contribution is -2.50. The first kappa shape index (κ1) is 20.9. The first-order chi connectivity index (χ1) is 14.4. The second kappa shape index (κ2) is 8.41. The molecular formula is C21H21BrN2O5S. The van der Waals surface area contributed by atoms with Gasteiger partial charge in [0.15, 0.2) is 5.76 Å². The van der Waals surface area contributed by atoms with Crippen LogP contribution in [0.3, 0.4) is 0 Å². The molecule has 2 aromatic carbocycles. The molecule has 0 unspecified atom stereocenters. The van der Waals surface area contributed by atoms with E-state index in [9.17, 15) is 13.2 Å². The minimum atomic E-state index is -3.62. The Labute approximate surface area is 183 Å². The summed E-state index contributed by atoms with van der Waals surface area (Å²) in [5, 5.41) is 0.837. The zero-order valence-electron chi connectivity index (χ0n) is 16.4. The Hall–Kier alpha value is -2.36. The standard InChI is InChI=1S/C21H21BrN2O5S/c1-2-28-16-6-8-17(9-7-16)30(26,27)24-12-10-23(11-13-24)21(25)19-14-15-4-3-5-18(22)20(15)29-19/h3-9,14H,2,10-13H2,1H3. The Bertz CT molecular complexity index is 1170. The number of hydrogen-bond donors (Lipinski definition) is 0. The van der Waals surface area contributed by atoms with Gasteiger partial charge in [-0.2, -0.15) is 4.31 Å². The van der Waals surface area contributed by atoms with Crippen molar-refractivity contribution in [1.29, 1.82) is 0 Å². The number of hydrogen-bond acceptors (Lipinski definition) is 5. The van der Waals surface area contributed by atoms with Crippen LogP contribution in [0.15, 0.2) is 62.3 Å². The number of rotatable bonds is 5. The molecule has 0 N–H and O–H groups in total. The third-order valence-corrected chi connectivity index (χ3v) is 7.54. The summed E-state index contributed by atoms with van der Waals surface area (Å²) in [6.07, 6.45) is 0. The molecule has 0 radical (unpaired) electrons. The quantitative estimate of drug-likeness (QED) is 0.541. The zero-order chi connectivity index (χ0) is 21.3. The largest absolute Gasteiger partial charge is 0.494 e. The number of amides is 1. The average Bonchev–Trinajstić information content (AvgIpc) is 3.20. The first-order valence-electron chi connectivity index (χ1n) is 9.60. The lowest BCUT2D eigenvalue weighted by molar-refractivity contribution is 0.0668. The first-order valence-corrected chi connectivity index (χ1v) is 11.8. The number of carbonyl (C=O) groups is 1. The van der Waals surface area contributed by atoms with Gasteiger partial charge in [-0.3, -0.25) is 4.79 Å². The van der Waals surface area contributed by atoms with Crippen LogP contribution >= 0.6 is 15.9 Å². The molecule has 158 valence electrons. The van der Waals surface area contributed by atoms with Crippen LogP contribution in [0, 0.1) is 0 Å². The normalized spacial score (nSPS) is 15.5. The van der Waals surface area contributed by atoms with Crippen molar-refractivity contribution in [3.05, 3.63) is 58.8 Å². The van der Waals surface area contributed by atoms with Crippen LogP contribution in [-0.4, -0.2) is 56.3 Å². The molecule has 0 saturated carbocycles. The monoisotopic (exact) mass is 492 g/mol. The molecule has 1 aliphatic heterocycles. The fourth-order valence-corrected chi connectivity index (χ4v) is 5.33. The van der Waals surface area contributed by atoms with Gasteiger partial charge in [-0.15, -0.1) is 0 Å². The highest BCUT2D eigenvalue weighted by molar-refractivity contribution is 9.10. The van der Waals surface area contributed by atoms with E-state index in [-0.39, 0.29) is 29.7 Å². The van der Waals surface area contributed by atoms with Crippen molar-refractivity contribution in [3.63, 3.8) is 0 Å². The second-order valence-corrected chi connectivity index (χ2v) is 9.66. The van der Waals surface area contributed by atoms with E-state index in [2.05, 4.69) is 15.9 Å². The lowest BCUT2D eigenvalue weighted by Gasteiger charge is -2.33. The molecule has 9 heteroatoms. The molecule has 1 fully saturated rings. The molecule has 0 atom stereocenters. The molecule has 3 aromatic rings. The summed E-state index contributed by atoms with van der Waals surface area (Å²) in [5.41, 5.74) is 0.623. The average molecular weight is 493 g/mol. The summed E-state index contributed by atoms with van der Waals surface area (Å²) in [5.74, 6) is 0.639. The molecule has 1 saturated heterocycles. The van der Waals surface area contributed by atoms with Crippen LogP contribution in [0.1, 0.15) is 17.5 Å². The van der Waals surface area contributed by atoms with Crippen LogP contribution < -0.4 is 4.74 Å². The molecule has 2 heterocycles. The highest BCUT2D eigenvalue weighted by Gasteiger charge is 2.31. The van der Waals surface area contributed by atoms with E-state index >= 15 is 0 Å². The van der Waals surface area contributed by atoms with Crippen LogP contribution in [0.2, 0.25) is 0 Å². The Morgan fingerprint density at radius 1 is 1.10 bits per heavy atom. The predicted octanol–water partition coefficient (Wildman–Crippen LogP) is 3.74. The number of nitrogens with zero attached hydrogens (tertiary/aromatic N) is 2. The van der Waals surface area contributed by atoms with Crippen molar-refractivity contribution in [1.82, 2.24) is 9.21 Å². The van der Waals surface area contributed by atoms with Crippen LogP contribution in [0.4, 0.5) is 0 Å². The highest BCUT2D eigenvalue weighted by Crippen LogP contribution is 2.28. The Morgan fingerprint density at radius 3 is 2.43 bits per heavy atom. The van der Waals surface area contributed by atoms with E-state index in [1.807, 2.05) is 25.1 Å². The fraction of sp³-hybridized carbons (Fsp3) is 0.286. The predicted molar refractivity (Wildman–Crippen MR) is 116 cm³/mol. The Morgan fingerprint density at radius 2 is 1.80 bits per heavy atom. The molecule has 0 spiro atoms. The van der Waals surface area contributed by atoms with Crippen molar-refractivity contribution < 1.29 is 22.4 Å². The number of piperazine rings is 1. The molecule has 1 amide bonds. The topological polar surface area (TPSA) is 80.1 Å². The Kier molecular flexibility index (Phi) is 5.86. The van der Waals surface area contributed by atoms with Gasteiger partial charge in [0, 0.05) is 31.6 Å².